The summed E-state index contributed by atoms with van der Waals surface area (Å²) in [5.74, 6) is 1.31. The van der Waals surface area contributed by atoms with Gasteiger partial charge in [-0.2, -0.15) is 5.10 Å². The van der Waals surface area contributed by atoms with E-state index in [9.17, 15) is 9.90 Å². The molecule has 7 nitrogen and oxygen atoms in total. The van der Waals surface area contributed by atoms with Crippen molar-refractivity contribution in [3.8, 4) is 0 Å². The molecule has 1 saturated carbocycles. The standard InChI is InChI=1S/C15H24N4O3/c1-2-11(20)9-19-14(15(5-6-15)13(16)21)17-12(18-19)10-3-7-22-8-4-10/h10-11,20H,2-9H2,1H3,(H2,16,21)/t11-/m0/s1. The van der Waals surface area contributed by atoms with Crippen LogP contribution in [-0.2, 0) is 21.5 Å². The summed E-state index contributed by atoms with van der Waals surface area (Å²) in [6.45, 7) is 3.71. The molecule has 0 bridgehead atoms. The molecule has 1 atom stereocenters. The number of nitrogens with two attached hydrogens (primary N) is 1. The molecule has 1 saturated heterocycles. The molecule has 2 fully saturated rings. The number of aliphatic hydroxyl groups excluding tert-OH is 1. The summed E-state index contributed by atoms with van der Waals surface area (Å²) in [5.41, 5.74) is 4.91. The van der Waals surface area contributed by atoms with Crippen molar-refractivity contribution in [2.75, 3.05) is 13.2 Å². The number of hydrogen-bond acceptors (Lipinski definition) is 5. The number of carbonyl (C=O) groups excluding carboxylic acids is 1. The van der Waals surface area contributed by atoms with Crippen LogP contribution in [0.15, 0.2) is 0 Å². The first kappa shape index (κ1) is 15.4. The number of amides is 1. The molecule has 1 aromatic heterocycles. The van der Waals surface area contributed by atoms with Crippen LogP contribution in [0.2, 0.25) is 0 Å². The predicted molar refractivity (Wildman–Crippen MR) is 79.2 cm³/mol. The molecule has 122 valence electrons. The van der Waals surface area contributed by atoms with E-state index in [1.54, 1.807) is 4.68 Å². The number of ether oxygens (including phenoxy) is 1. The number of rotatable bonds is 6. The summed E-state index contributed by atoms with van der Waals surface area (Å²) in [6.07, 6.45) is 3.36. The van der Waals surface area contributed by atoms with E-state index in [1.165, 1.54) is 0 Å². The molecule has 7 heteroatoms. The minimum atomic E-state index is -0.677. The van der Waals surface area contributed by atoms with Crippen molar-refractivity contribution in [3.05, 3.63) is 11.6 Å². The lowest BCUT2D eigenvalue weighted by Gasteiger charge is -2.19. The van der Waals surface area contributed by atoms with Crippen LogP contribution in [0.4, 0.5) is 0 Å². The van der Waals surface area contributed by atoms with Gasteiger partial charge in [-0.1, -0.05) is 6.92 Å². The maximum absolute atomic E-state index is 11.8. The highest BCUT2D eigenvalue weighted by Crippen LogP contribution is 2.47. The molecular weight excluding hydrogens is 284 g/mol. The van der Waals surface area contributed by atoms with Gasteiger partial charge < -0.3 is 15.6 Å². The number of aliphatic hydroxyl groups is 1. The third-order valence-corrected chi connectivity index (χ3v) is 4.78. The highest BCUT2D eigenvalue weighted by atomic mass is 16.5. The van der Waals surface area contributed by atoms with Gasteiger partial charge in [0.2, 0.25) is 5.91 Å². The molecule has 1 aliphatic carbocycles. The molecule has 22 heavy (non-hydrogen) atoms. The lowest BCUT2D eigenvalue weighted by atomic mass is 9.99. The van der Waals surface area contributed by atoms with Crippen LogP contribution in [0, 0.1) is 0 Å². The summed E-state index contributed by atoms with van der Waals surface area (Å²) in [7, 11) is 0. The van der Waals surface area contributed by atoms with Crippen molar-refractivity contribution in [3.63, 3.8) is 0 Å². The Balaban J connectivity index is 1.92. The fraction of sp³-hybridized carbons (Fsp3) is 0.800. The summed E-state index contributed by atoms with van der Waals surface area (Å²) >= 11 is 0. The van der Waals surface area contributed by atoms with Crippen LogP contribution in [0.3, 0.4) is 0 Å². The van der Waals surface area contributed by atoms with Crippen LogP contribution in [-0.4, -0.2) is 45.1 Å². The quantitative estimate of drug-likeness (QED) is 0.794. The Kier molecular flexibility index (Phi) is 4.18. The molecule has 0 spiro atoms. The van der Waals surface area contributed by atoms with Gasteiger partial charge in [0.05, 0.1) is 12.6 Å². The number of carbonyl (C=O) groups is 1. The second kappa shape index (κ2) is 5.96. The molecule has 0 radical (unpaired) electrons. The molecule has 0 aromatic carbocycles. The van der Waals surface area contributed by atoms with E-state index in [4.69, 9.17) is 10.5 Å². The number of nitrogens with zero attached hydrogens (tertiary/aromatic N) is 3. The van der Waals surface area contributed by atoms with Gasteiger partial charge in [0.15, 0.2) is 5.82 Å². The van der Waals surface area contributed by atoms with E-state index >= 15 is 0 Å². The van der Waals surface area contributed by atoms with Crippen LogP contribution < -0.4 is 5.73 Å². The Hall–Kier alpha value is -1.47. The highest BCUT2D eigenvalue weighted by Gasteiger charge is 2.54. The number of primary amides is 1. The van der Waals surface area contributed by atoms with Crippen LogP contribution >= 0.6 is 0 Å². The maximum atomic E-state index is 11.8. The van der Waals surface area contributed by atoms with Gasteiger partial charge in [-0.05, 0) is 32.1 Å². The molecule has 2 heterocycles. The monoisotopic (exact) mass is 308 g/mol. The topological polar surface area (TPSA) is 103 Å². The lowest BCUT2D eigenvalue weighted by Crippen LogP contribution is -2.32. The van der Waals surface area contributed by atoms with E-state index in [0.717, 1.165) is 31.5 Å². The number of hydrogen-bond donors (Lipinski definition) is 2. The Bertz CT molecular complexity index is 547. The maximum Gasteiger partial charge on any atom is 0.231 e. The zero-order valence-electron chi connectivity index (χ0n) is 13.0. The van der Waals surface area contributed by atoms with Crippen molar-refractivity contribution in [2.45, 2.75) is 63.0 Å². The predicted octanol–water partition coefficient (Wildman–Crippen LogP) is 0.460. The van der Waals surface area contributed by atoms with Crippen LogP contribution in [0.1, 0.15) is 56.6 Å². The Morgan fingerprint density at radius 1 is 1.50 bits per heavy atom. The second-order valence-electron chi connectivity index (χ2n) is 6.37. The molecule has 3 rings (SSSR count). The number of aromatic nitrogens is 3. The minimum absolute atomic E-state index is 0.260. The van der Waals surface area contributed by atoms with E-state index in [2.05, 4.69) is 10.1 Å². The average molecular weight is 308 g/mol. The van der Waals surface area contributed by atoms with Crippen LogP contribution in [0.5, 0.6) is 0 Å². The molecular formula is C15H24N4O3. The van der Waals surface area contributed by atoms with E-state index < -0.39 is 11.5 Å². The van der Waals surface area contributed by atoms with Gasteiger partial charge in [0, 0.05) is 19.1 Å². The molecule has 2 aliphatic rings. The van der Waals surface area contributed by atoms with Crippen molar-refractivity contribution >= 4 is 5.91 Å². The van der Waals surface area contributed by atoms with E-state index in [1.807, 2.05) is 6.92 Å². The largest absolute Gasteiger partial charge is 0.391 e. The van der Waals surface area contributed by atoms with Gasteiger partial charge >= 0.3 is 0 Å². The van der Waals surface area contributed by atoms with E-state index in [-0.39, 0.29) is 11.8 Å². The summed E-state index contributed by atoms with van der Waals surface area (Å²) in [5, 5.41) is 14.5. The lowest BCUT2D eigenvalue weighted by molar-refractivity contribution is -0.120. The van der Waals surface area contributed by atoms with Crippen LogP contribution in [0.25, 0.3) is 0 Å². The Labute approximate surface area is 129 Å². The van der Waals surface area contributed by atoms with Gasteiger partial charge in [-0.15, -0.1) is 0 Å². The van der Waals surface area contributed by atoms with Crippen molar-refractivity contribution in [1.82, 2.24) is 14.8 Å². The van der Waals surface area contributed by atoms with Gasteiger partial charge in [-0.25, -0.2) is 9.67 Å². The van der Waals surface area contributed by atoms with Crippen molar-refractivity contribution in [2.24, 2.45) is 5.73 Å². The Morgan fingerprint density at radius 3 is 2.73 bits per heavy atom. The van der Waals surface area contributed by atoms with Crippen molar-refractivity contribution in [1.29, 1.82) is 0 Å². The van der Waals surface area contributed by atoms with E-state index in [0.29, 0.717) is 32.0 Å². The SMILES string of the molecule is CC[C@H](O)Cn1nc(C2CCOCC2)nc1C1(C(N)=O)CC1. The summed E-state index contributed by atoms with van der Waals surface area (Å²) < 4.78 is 7.09. The first-order valence-corrected chi connectivity index (χ1v) is 8.07. The summed E-state index contributed by atoms with van der Waals surface area (Å²) in [4.78, 5) is 16.5. The first-order valence-electron chi connectivity index (χ1n) is 8.07. The van der Waals surface area contributed by atoms with Gasteiger partial charge in [0.1, 0.15) is 11.2 Å². The normalized spacial score (nSPS) is 22.5. The molecule has 1 amide bonds. The fourth-order valence-corrected chi connectivity index (χ4v) is 3.00. The van der Waals surface area contributed by atoms with Gasteiger partial charge in [0.25, 0.3) is 0 Å². The second-order valence-corrected chi connectivity index (χ2v) is 6.37. The molecule has 0 unspecified atom stereocenters. The molecule has 1 aliphatic heterocycles. The molecule has 1 aromatic rings. The molecule has 3 N–H and O–H groups in total. The summed E-state index contributed by atoms with van der Waals surface area (Å²) in [6, 6.07) is 0. The minimum Gasteiger partial charge on any atom is -0.391 e. The van der Waals surface area contributed by atoms with Gasteiger partial charge in [-0.3, -0.25) is 4.79 Å². The van der Waals surface area contributed by atoms with Crippen molar-refractivity contribution < 1.29 is 14.6 Å². The zero-order valence-corrected chi connectivity index (χ0v) is 13.0. The third-order valence-electron chi connectivity index (χ3n) is 4.78. The first-order chi connectivity index (χ1) is 10.6. The third kappa shape index (κ3) is 2.75. The average Bonchev–Trinajstić information content (AvgIpc) is 3.24. The Morgan fingerprint density at radius 2 is 2.18 bits per heavy atom. The fourth-order valence-electron chi connectivity index (χ4n) is 3.00. The zero-order chi connectivity index (χ0) is 15.7. The highest BCUT2D eigenvalue weighted by molar-refractivity contribution is 5.88. The smallest absolute Gasteiger partial charge is 0.231 e.